The van der Waals surface area contributed by atoms with E-state index in [0.717, 1.165) is 33.4 Å². The second kappa shape index (κ2) is 5.11. The standard InChI is InChI=1S/C18H12N2S/c1-2-6-16-13(5-1)11-15(17-7-3-4-9-19-17)18(20-16)14-8-10-21-12-14/h1-12H. The molecule has 0 saturated carbocycles. The van der Waals surface area contributed by atoms with E-state index in [2.05, 4.69) is 33.9 Å². The monoisotopic (exact) mass is 288 g/mol. The van der Waals surface area contributed by atoms with E-state index in [1.54, 1.807) is 11.3 Å². The van der Waals surface area contributed by atoms with Crippen molar-refractivity contribution in [3.05, 3.63) is 71.6 Å². The molecule has 0 aliphatic heterocycles. The van der Waals surface area contributed by atoms with Gasteiger partial charge in [-0.25, -0.2) is 4.98 Å². The van der Waals surface area contributed by atoms with E-state index in [-0.39, 0.29) is 0 Å². The van der Waals surface area contributed by atoms with Gasteiger partial charge in [-0.05, 0) is 35.7 Å². The maximum Gasteiger partial charge on any atom is 0.0812 e. The number of hydrogen-bond donors (Lipinski definition) is 0. The molecule has 100 valence electrons. The van der Waals surface area contributed by atoms with Crippen LogP contribution in [0.4, 0.5) is 0 Å². The second-order valence-electron chi connectivity index (χ2n) is 4.80. The van der Waals surface area contributed by atoms with Crippen LogP contribution in [0.2, 0.25) is 0 Å². The van der Waals surface area contributed by atoms with Gasteiger partial charge in [-0.2, -0.15) is 11.3 Å². The summed E-state index contributed by atoms with van der Waals surface area (Å²) in [4.78, 5) is 9.35. The molecule has 0 unspecified atom stereocenters. The first-order valence-electron chi connectivity index (χ1n) is 6.75. The predicted octanol–water partition coefficient (Wildman–Crippen LogP) is 5.03. The Bertz CT molecular complexity index is 884. The Labute approximate surface area is 126 Å². The molecule has 0 aliphatic carbocycles. The van der Waals surface area contributed by atoms with Gasteiger partial charge in [0, 0.05) is 28.1 Å². The summed E-state index contributed by atoms with van der Waals surface area (Å²) in [5, 5.41) is 5.34. The minimum atomic E-state index is 0.956. The third-order valence-corrected chi connectivity index (χ3v) is 4.14. The first-order chi connectivity index (χ1) is 10.4. The molecule has 0 amide bonds. The maximum atomic E-state index is 4.86. The highest BCUT2D eigenvalue weighted by molar-refractivity contribution is 7.08. The van der Waals surface area contributed by atoms with Crippen LogP contribution in [0.25, 0.3) is 33.4 Å². The van der Waals surface area contributed by atoms with Crippen LogP contribution in [0, 0.1) is 0 Å². The number of para-hydroxylation sites is 1. The molecule has 0 radical (unpaired) electrons. The number of rotatable bonds is 2. The van der Waals surface area contributed by atoms with Crippen molar-refractivity contribution in [2.45, 2.75) is 0 Å². The first-order valence-corrected chi connectivity index (χ1v) is 7.70. The molecule has 0 spiro atoms. The van der Waals surface area contributed by atoms with Gasteiger partial charge in [0.1, 0.15) is 0 Å². The Hall–Kier alpha value is -2.52. The van der Waals surface area contributed by atoms with Crippen LogP contribution in [0.15, 0.2) is 71.6 Å². The molecule has 3 aromatic heterocycles. The van der Waals surface area contributed by atoms with E-state index in [4.69, 9.17) is 4.98 Å². The molecule has 0 saturated heterocycles. The summed E-state index contributed by atoms with van der Waals surface area (Å²) in [6.45, 7) is 0. The molecule has 3 heteroatoms. The fraction of sp³-hybridized carbons (Fsp3) is 0. The SMILES string of the molecule is c1ccc(-c2cc3ccccc3nc2-c2ccsc2)nc1. The summed E-state index contributed by atoms with van der Waals surface area (Å²) >= 11 is 1.68. The highest BCUT2D eigenvalue weighted by Crippen LogP contribution is 2.33. The third kappa shape index (κ3) is 2.22. The van der Waals surface area contributed by atoms with Crippen LogP contribution in [0.1, 0.15) is 0 Å². The molecule has 3 heterocycles. The number of pyridine rings is 2. The van der Waals surface area contributed by atoms with Crippen LogP contribution < -0.4 is 0 Å². The Balaban J connectivity index is 2.05. The van der Waals surface area contributed by atoms with Gasteiger partial charge < -0.3 is 0 Å². The molecule has 0 bridgehead atoms. The van der Waals surface area contributed by atoms with Crippen LogP contribution in [0.3, 0.4) is 0 Å². The van der Waals surface area contributed by atoms with Crippen molar-refractivity contribution in [3.8, 4) is 22.5 Å². The molecular formula is C18H12N2S. The van der Waals surface area contributed by atoms with E-state index >= 15 is 0 Å². The highest BCUT2D eigenvalue weighted by Gasteiger charge is 2.12. The van der Waals surface area contributed by atoms with Gasteiger partial charge in [-0.1, -0.05) is 24.3 Å². The molecule has 1 aromatic carbocycles. The Kier molecular flexibility index (Phi) is 2.98. The van der Waals surface area contributed by atoms with Crippen LogP contribution in [-0.4, -0.2) is 9.97 Å². The van der Waals surface area contributed by atoms with Gasteiger partial charge in [0.2, 0.25) is 0 Å². The lowest BCUT2D eigenvalue weighted by Crippen LogP contribution is -1.91. The van der Waals surface area contributed by atoms with E-state index < -0.39 is 0 Å². The molecule has 0 atom stereocenters. The quantitative estimate of drug-likeness (QED) is 0.517. The van der Waals surface area contributed by atoms with Gasteiger partial charge in [0.05, 0.1) is 16.9 Å². The van der Waals surface area contributed by atoms with E-state index in [1.165, 1.54) is 0 Å². The number of hydrogen-bond acceptors (Lipinski definition) is 3. The zero-order valence-corrected chi connectivity index (χ0v) is 12.0. The van der Waals surface area contributed by atoms with Crippen molar-refractivity contribution >= 4 is 22.2 Å². The lowest BCUT2D eigenvalue weighted by molar-refractivity contribution is 1.31. The van der Waals surface area contributed by atoms with Gasteiger partial charge in [-0.15, -0.1) is 0 Å². The topological polar surface area (TPSA) is 25.8 Å². The van der Waals surface area contributed by atoms with Crippen LogP contribution in [-0.2, 0) is 0 Å². The van der Waals surface area contributed by atoms with E-state index in [1.807, 2.05) is 42.6 Å². The second-order valence-corrected chi connectivity index (χ2v) is 5.58. The third-order valence-electron chi connectivity index (χ3n) is 3.46. The fourth-order valence-electron chi connectivity index (χ4n) is 2.45. The van der Waals surface area contributed by atoms with Crippen molar-refractivity contribution in [1.82, 2.24) is 9.97 Å². The lowest BCUT2D eigenvalue weighted by Gasteiger charge is -2.09. The zero-order chi connectivity index (χ0) is 14.1. The van der Waals surface area contributed by atoms with Crippen molar-refractivity contribution < 1.29 is 0 Å². The predicted molar refractivity (Wildman–Crippen MR) is 88.3 cm³/mol. The summed E-state index contributed by atoms with van der Waals surface area (Å²) in [6.07, 6.45) is 1.82. The minimum absolute atomic E-state index is 0.956. The Morgan fingerprint density at radius 1 is 0.905 bits per heavy atom. The molecule has 2 nitrogen and oxygen atoms in total. The summed E-state index contributed by atoms with van der Waals surface area (Å²) in [6, 6.07) is 18.5. The summed E-state index contributed by atoms with van der Waals surface area (Å²) in [5.41, 5.74) is 5.18. The van der Waals surface area contributed by atoms with Gasteiger partial charge in [0.25, 0.3) is 0 Å². The van der Waals surface area contributed by atoms with E-state index in [0.29, 0.717) is 0 Å². The smallest absolute Gasteiger partial charge is 0.0812 e. The van der Waals surface area contributed by atoms with Crippen molar-refractivity contribution in [2.75, 3.05) is 0 Å². The number of nitrogens with zero attached hydrogens (tertiary/aromatic N) is 2. The van der Waals surface area contributed by atoms with Crippen molar-refractivity contribution in [3.63, 3.8) is 0 Å². The van der Waals surface area contributed by atoms with Crippen LogP contribution >= 0.6 is 11.3 Å². The molecular weight excluding hydrogens is 276 g/mol. The van der Waals surface area contributed by atoms with Gasteiger partial charge in [0.15, 0.2) is 0 Å². The Morgan fingerprint density at radius 2 is 1.81 bits per heavy atom. The molecule has 0 fully saturated rings. The highest BCUT2D eigenvalue weighted by atomic mass is 32.1. The first kappa shape index (κ1) is 12.2. The minimum Gasteiger partial charge on any atom is -0.256 e. The maximum absolute atomic E-state index is 4.86. The summed E-state index contributed by atoms with van der Waals surface area (Å²) in [7, 11) is 0. The average Bonchev–Trinajstić information content (AvgIpc) is 3.09. The van der Waals surface area contributed by atoms with Gasteiger partial charge in [-0.3, -0.25) is 4.98 Å². The summed E-state index contributed by atoms with van der Waals surface area (Å²) in [5.74, 6) is 0. The number of fused-ring (bicyclic) bond motifs is 1. The van der Waals surface area contributed by atoms with E-state index in [9.17, 15) is 0 Å². The molecule has 21 heavy (non-hydrogen) atoms. The zero-order valence-electron chi connectivity index (χ0n) is 11.2. The van der Waals surface area contributed by atoms with Crippen molar-refractivity contribution in [2.24, 2.45) is 0 Å². The average molecular weight is 288 g/mol. The normalized spacial score (nSPS) is 10.9. The largest absolute Gasteiger partial charge is 0.256 e. The lowest BCUT2D eigenvalue weighted by atomic mass is 10.0. The summed E-state index contributed by atoms with van der Waals surface area (Å²) < 4.78 is 0. The molecule has 4 rings (SSSR count). The molecule has 0 N–H and O–H groups in total. The van der Waals surface area contributed by atoms with Gasteiger partial charge >= 0.3 is 0 Å². The number of benzene rings is 1. The molecule has 0 aliphatic rings. The number of aromatic nitrogens is 2. The molecule has 4 aromatic rings. The van der Waals surface area contributed by atoms with Crippen LogP contribution in [0.5, 0.6) is 0 Å². The fourth-order valence-corrected chi connectivity index (χ4v) is 3.09. The number of thiophene rings is 1. The Morgan fingerprint density at radius 3 is 2.62 bits per heavy atom. The van der Waals surface area contributed by atoms with Crippen molar-refractivity contribution in [1.29, 1.82) is 0 Å².